The lowest BCUT2D eigenvalue weighted by molar-refractivity contribution is 0.268. The van der Waals surface area contributed by atoms with E-state index >= 15 is 0 Å². The van der Waals surface area contributed by atoms with Gasteiger partial charge in [0.1, 0.15) is 0 Å². The minimum absolute atomic E-state index is 0.671. The maximum absolute atomic E-state index is 5.88. The van der Waals surface area contributed by atoms with Gasteiger partial charge in [0.05, 0.1) is 13.2 Å². The van der Waals surface area contributed by atoms with E-state index in [1.54, 1.807) is 0 Å². The van der Waals surface area contributed by atoms with Crippen molar-refractivity contribution in [3.63, 3.8) is 0 Å². The van der Waals surface area contributed by atoms with Crippen molar-refractivity contribution >= 4 is 0 Å². The van der Waals surface area contributed by atoms with Gasteiger partial charge in [-0.15, -0.1) is 0 Å². The number of rotatable bonds is 10. The Morgan fingerprint density at radius 3 is 2.70 bits per heavy atom. The van der Waals surface area contributed by atoms with Crippen LogP contribution in [0, 0.1) is 5.92 Å². The molecule has 0 atom stereocenters. The molecule has 1 N–H and O–H groups in total. The van der Waals surface area contributed by atoms with Gasteiger partial charge in [-0.2, -0.15) is 0 Å². The molecule has 0 saturated heterocycles. The van der Waals surface area contributed by atoms with E-state index in [0.29, 0.717) is 6.61 Å². The molecule has 3 nitrogen and oxygen atoms in total. The van der Waals surface area contributed by atoms with Crippen LogP contribution in [0.3, 0.4) is 0 Å². The smallest absolute Gasteiger partial charge is 0.161 e. The molecule has 1 fully saturated rings. The van der Waals surface area contributed by atoms with Gasteiger partial charge < -0.3 is 14.8 Å². The summed E-state index contributed by atoms with van der Waals surface area (Å²) in [6, 6.07) is 6.26. The van der Waals surface area contributed by atoms with E-state index in [2.05, 4.69) is 24.4 Å². The average molecular weight is 277 g/mol. The van der Waals surface area contributed by atoms with Crippen LogP contribution in [0.5, 0.6) is 11.5 Å². The first kappa shape index (κ1) is 15.2. The normalized spacial score (nSPS) is 14.3. The fourth-order valence-corrected chi connectivity index (χ4v) is 2.20. The van der Waals surface area contributed by atoms with Crippen LogP contribution in [0.25, 0.3) is 0 Å². The third kappa shape index (κ3) is 5.04. The molecular formula is C17H27NO2. The zero-order chi connectivity index (χ0) is 14.2. The highest BCUT2D eigenvalue weighted by Crippen LogP contribution is 2.33. The Balaban J connectivity index is 1.90. The van der Waals surface area contributed by atoms with Crippen molar-refractivity contribution in [2.24, 2.45) is 5.92 Å². The molecule has 1 aliphatic rings. The van der Waals surface area contributed by atoms with Gasteiger partial charge in [-0.25, -0.2) is 0 Å². The molecule has 0 bridgehead atoms. The lowest BCUT2D eigenvalue weighted by atomic mass is 10.2. The fraction of sp³-hybridized carbons (Fsp3) is 0.647. The number of ether oxygens (including phenoxy) is 2. The lowest BCUT2D eigenvalue weighted by Gasteiger charge is -2.13. The van der Waals surface area contributed by atoms with Crippen molar-refractivity contribution in [3.8, 4) is 11.5 Å². The molecule has 1 aromatic carbocycles. The van der Waals surface area contributed by atoms with Gasteiger partial charge in [0.2, 0.25) is 0 Å². The summed E-state index contributed by atoms with van der Waals surface area (Å²) in [5.41, 5.74) is 1.25. The molecule has 0 aromatic heterocycles. The molecule has 0 amide bonds. The highest BCUT2D eigenvalue weighted by molar-refractivity contribution is 5.43. The van der Waals surface area contributed by atoms with Gasteiger partial charge in [-0.3, -0.25) is 0 Å². The SMILES string of the molecule is CCCNCc1ccc(OCCC2CC2)c(OCC)c1. The van der Waals surface area contributed by atoms with Gasteiger partial charge in [0, 0.05) is 6.54 Å². The molecule has 2 rings (SSSR count). The molecular weight excluding hydrogens is 250 g/mol. The van der Waals surface area contributed by atoms with Gasteiger partial charge in [0.25, 0.3) is 0 Å². The molecule has 0 unspecified atom stereocenters. The minimum atomic E-state index is 0.671. The summed E-state index contributed by atoms with van der Waals surface area (Å²) in [4.78, 5) is 0. The van der Waals surface area contributed by atoms with E-state index in [1.165, 1.54) is 24.8 Å². The topological polar surface area (TPSA) is 30.5 Å². The minimum Gasteiger partial charge on any atom is -0.490 e. The summed E-state index contributed by atoms with van der Waals surface area (Å²) in [5.74, 6) is 2.66. The van der Waals surface area contributed by atoms with Gasteiger partial charge >= 0.3 is 0 Å². The van der Waals surface area contributed by atoms with Crippen LogP contribution in [0.15, 0.2) is 18.2 Å². The molecule has 0 radical (unpaired) electrons. The molecule has 0 aliphatic heterocycles. The number of hydrogen-bond acceptors (Lipinski definition) is 3. The third-order valence-electron chi connectivity index (χ3n) is 3.54. The largest absolute Gasteiger partial charge is 0.490 e. The third-order valence-corrected chi connectivity index (χ3v) is 3.54. The van der Waals surface area contributed by atoms with Crippen LogP contribution in [-0.4, -0.2) is 19.8 Å². The van der Waals surface area contributed by atoms with Crippen molar-refractivity contribution < 1.29 is 9.47 Å². The van der Waals surface area contributed by atoms with Crippen LogP contribution < -0.4 is 14.8 Å². The number of benzene rings is 1. The Labute approximate surface area is 122 Å². The summed E-state index contributed by atoms with van der Waals surface area (Å²) in [6.45, 7) is 7.59. The zero-order valence-corrected chi connectivity index (χ0v) is 12.8. The van der Waals surface area contributed by atoms with Crippen molar-refractivity contribution in [1.29, 1.82) is 0 Å². The van der Waals surface area contributed by atoms with Gasteiger partial charge in [-0.05, 0) is 49.9 Å². The number of nitrogens with one attached hydrogen (secondary N) is 1. The molecule has 0 spiro atoms. The Morgan fingerprint density at radius 1 is 1.15 bits per heavy atom. The maximum atomic E-state index is 5.88. The predicted molar refractivity (Wildman–Crippen MR) is 82.4 cm³/mol. The zero-order valence-electron chi connectivity index (χ0n) is 12.8. The maximum Gasteiger partial charge on any atom is 0.161 e. The average Bonchev–Trinajstić information content (AvgIpc) is 3.26. The van der Waals surface area contributed by atoms with Crippen molar-refractivity contribution in [3.05, 3.63) is 23.8 Å². The van der Waals surface area contributed by atoms with E-state index in [4.69, 9.17) is 9.47 Å². The summed E-state index contributed by atoms with van der Waals surface area (Å²) in [5, 5.41) is 3.41. The molecule has 1 aromatic rings. The van der Waals surface area contributed by atoms with E-state index in [0.717, 1.165) is 43.5 Å². The van der Waals surface area contributed by atoms with Crippen LogP contribution in [-0.2, 0) is 6.54 Å². The van der Waals surface area contributed by atoms with Gasteiger partial charge in [-0.1, -0.05) is 25.8 Å². The summed E-state index contributed by atoms with van der Waals surface area (Å²) < 4.78 is 11.6. The van der Waals surface area contributed by atoms with Crippen LogP contribution in [0.2, 0.25) is 0 Å². The standard InChI is InChI=1S/C17H27NO2/c1-3-10-18-13-15-7-8-16(17(12-15)19-4-2)20-11-9-14-5-6-14/h7-8,12,14,18H,3-6,9-11,13H2,1-2H3. The first-order valence-corrected chi connectivity index (χ1v) is 7.92. The van der Waals surface area contributed by atoms with Crippen LogP contribution in [0.1, 0.15) is 45.1 Å². The lowest BCUT2D eigenvalue weighted by Crippen LogP contribution is -2.14. The molecule has 1 aliphatic carbocycles. The molecule has 3 heteroatoms. The first-order chi connectivity index (χ1) is 9.83. The second-order valence-corrected chi connectivity index (χ2v) is 5.47. The number of hydrogen-bond donors (Lipinski definition) is 1. The van der Waals surface area contributed by atoms with E-state index < -0.39 is 0 Å². The Hall–Kier alpha value is -1.22. The highest BCUT2D eigenvalue weighted by Gasteiger charge is 2.21. The van der Waals surface area contributed by atoms with E-state index in [1.807, 2.05) is 13.0 Å². The second kappa shape index (κ2) is 8.15. The Kier molecular flexibility index (Phi) is 6.19. The van der Waals surface area contributed by atoms with Crippen molar-refractivity contribution in [2.75, 3.05) is 19.8 Å². The molecule has 112 valence electrons. The van der Waals surface area contributed by atoms with Crippen molar-refractivity contribution in [1.82, 2.24) is 5.32 Å². The summed E-state index contributed by atoms with van der Waals surface area (Å²) in [7, 11) is 0. The predicted octanol–water partition coefficient (Wildman–Crippen LogP) is 3.76. The van der Waals surface area contributed by atoms with Crippen molar-refractivity contribution in [2.45, 2.75) is 46.1 Å². The highest BCUT2D eigenvalue weighted by atomic mass is 16.5. The van der Waals surface area contributed by atoms with Crippen LogP contribution in [0.4, 0.5) is 0 Å². The van der Waals surface area contributed by atoms with E-state index in [9.17, 15) is 0 Å². The first-order valence-electron chi connectivity index (χ1n) is 7.92. The quantitative estimate of drug-likeness (QED) is 0.660. The van der Waals surface area contributed by atoms with Crippen LogP contribution >= 0.6 is 0 Å². The second-order valence-electron chi connectivity index (χ2n) is 5.47. The Bertz CT molecular complexity index is 402. The molecule has 1 saturated carbocycles. The van der Waals surface area contributed by atoms with Gasteiger partial charge in [0.15, 0.2) is 11.5 Å². The van der Waals surface area contributed by atoms with E-state index in [-0.39, 0.29) is 0 Å². The summed E-state index contributed by atoms with van der Waals surface area (Å²) >= 11 is 0. The Morgan fingerprint density at radius 2 is 2.00 bits per heavy atom. The molecule has 20 heavy (non-hydrogen) atoms. The summed E-state index contributed by atoms with van der Waals surface area (Å²) in [6.07, 6.45) is 5.08. The molecule has 0 heterocycles. The monoisotopic (exact) mass is 277 g/mol. The fourth-order valence-electron chi connectivity index (χ4n) is 2.20.